The van der Waals surface area contributed by atoms with Gasteiger partial charge in [-0.2, -0.15) is 5.26 Å². The van der Waals surface area contributed by atoms with E-state index in [4.69, 9.17) is 10.00 Å². The second-order valence-electron chi connectivity index (χ2n) is 4.38. The van der Waals surface area contributed by atoms with Crippen molar-refractivity contribution in [2.75, 3.05) is 11.9 Å². The van der Waals surface area contributed by atoms with E-state index >= 15 is 0 Å². The molecular weight excluding hydrogens is 301 g/mol. The van der Waals surface area contributed by atoms with Crippen LogP contribution in [0.15, 0.2) is 48.5 Å². The Labute approximate surface area is 131 Å². The Kier molecular flexibility index (Phi) is 5.25. The molecular formula is C16H12FN3O3. The van der Waals surface area contributed by atoms with Crippen LogP contribution in [0.1, 0.15) is 5.56 Å². The van der Waals surface area contributed by atoms with Crippen LogP contribution in [0.3, 0.4) is 0 Å². The second-order valence-corrected chi connectivity index (χ2v) is 4.38. The van der Waals surface area contributed by atoms with Crippen LogP contribution in [-0.2, 0) is 4.79 Å². The number of urea groups is 1. The molecule has 0 heterocycles. The second kappa shape index (κ2) is 7.56. The number of rotatable bonds is 4. The summed E-state index contributed by atoms with van der Waals surface area (Å²) < 4.78 is 18.5. The number of carbonyl (C=O) groups excluding carboxylic acids is 2. The maximum absolute atomic E-state index is 13.4. The molecule has 0 fully saturated rings. The Morgan fingerprint density at radius 1 is 1.13 bits per heavy atom. The van der Waals surface area contributed by atoms with Gasteiger partial charge in [0.25, 0.3) is 5.91 Å². The highest BCUT2D eigenvalue weighted by Crippen LogP contribution is 2.16. The van der Waals surface area contributed by atoms with Gasteiger partial charge in [0.1, 0.15) is 17.6 Å². The van der Waals surface area contributed by atoms with E-state index in [1.807, 2.05) is 11.4 Å². The van der Waals surface area contributed by atoms with Crippen LogP contribution < -0.4 is 15.4 Å². The zero-order valence-corrected chi connectivity index (χ0v) is 11.9. The summed E-state index contributed by atoms with van der Waals surface area (Å²) in [6.07, 6.45) is 0. The van der Waals surface area contributed by atoms with Crippen molar-refractivity contribution >= 4 is 17.6 Å². The highest BCUT2D eigenvalue weighted by molar-refractivity contribution is 6.01. The topological polar surface area (TPSA) is 91.2 Å². The normalized spacial score (nSPS) is 9.57. The molecule has 0 spiro atoms. The van der Waals surface area contributed by atoms with E-state index in [0.717, 1.165) is 0 Å². The van der Waals surface area contributed by atoms with Gasteiger partial charge in [-0.05, 0) is 24.3 Å². The van der Waals surface area contributed by atoms with Gasteiger partial charge in [-0.3, -0.25) is 10.1 Å². The van der Waals surface area contributed by atoms with E-state index in [0.29, 0.717) is 0 Å². The third kappa shape index (κ3) is 4.54. The van der Waals surface area contributed by atoms with Gasteiger partial charge in [0.15, 0.2) is 6.61 Å². The summed E-state index contributed by atoms with van der Waals surface area (Å²) in [5.74, 6) is -1.11. The third-order valence-electron chi connectivity index (χ3n) is 2.74. The average Bonchev–Trinajstić information content (AvgIpc) is 2.55. The molecule has 0 aliphatic carbocycles. The lowest BCUT2D eigenvalue weighted by Gasteiger charge is -2.09. The summed E-state index contributed by atoms with van der Waals surface area (Å²) in [6.45, 7) is -0.455. The Bertz CT molecular complexity index is 771. The van der Waals surface area contributed by atoms with Gasteiger partial charge < -0.3 is 10.1 Å². The van der Waals surface area contributed by atoms with Crippen molar-refractivity contribution in [2.24, 2.45) is 0 Å². The fourth-order valence-electron chi connectivity index (χ4n) is 1.71. The summed E-state index contributed by atoms with van der Waals surface area (Å²) in [6, 6.07) is 13.0. The number of carbonyl (C=O) groups is 2. The molecule has 6 nitrogen and oxygen atoms in total. The van der Waals surface area contributed by atoms with Crippen LogP contribution in [0.5, 0.6) is 5.75 Å². The molecule has 2 rings (SSSR count). The number of benzene rings is 2. The van der Waals surface area contributed by atoms with Crippen LogP contribution in [0.4, 0.5) is 14.9 Å². The molecule has 0 aromatic heterocycles. The zero-order chi connectivity index (χ0) is 16.7. The number of nitriles is 1. The number of para-hydroxylation sites is 2. The Hall–Kier alpha value is -3.40. The number of ether oxygens (including phenoxy) is 1. The van der Waals surface area contributed by atoms with Gasteiger partial charge in [-0.25, -0.2) is 9.18 Å². The fourth-order valence-corrected chi connectivity index (χ4v) is 1.71. The molecule has 0 aliphatic heterocycles. The molecule has 0 atom stereocenters. The van der Waals surface area contributed by atoms with Crippen molar-refractivity contribution in [3.05, 3.63) is 59.9 Å². The largest absolute Gasteiger partial charge is 0.482 e. The van der Waals surface area contributed by atoms with Crippen molar-refractivity contribution < 1.29 is 18.7 Å². The summed E-state index contributed by atoms with van der Waals surface area (Å²) in [5, 5.41) is 13.1. The summed E-state index contributed by atoms with van der Waals surface area (Å²) in [5.41, 5.74) is 0.227. The highest BCUT2D eigenvalue weighted by Gasteiger charge is 2.11. The molecule has 0 aliphatic rings. The fraction of sp³-hybridized carbons (Fsp3) is 0.0625. The lowest BCUT2D eigenvalue weighted by molar-refractivity contribution is -0.121. The molecule has 2 aromatic rings. The van der Waals surface area contributed by atoms with Crippen molar-refractivity contribution in [3.63, 3.8) is 0 Å². The smallest absolute Gasteiger partial charge is 0.326 e. The number of hydrogen-bond donors (Lipinski definition) is 2. The minimum absolute atomic E-state index is 0.0476. The number of imide groups is 1. The van der Waals surface area contributed by atoms with Gasteiger partial charge in [-0.15, -0.1) is 0 Å². The van der Waals surface area contributed by atoms with E-state index in [-0.39, 0.29) is 17.0 Å². The first-order valence-corrected chi connectivity index (χ1v) is 6.57. The lowest BCUT2D eigenvalue weighted by Crippen LogP contribution is -2.37. The molecule has 0 saturated heterocycles. The third-order valence-corrected chi connectivity index (χ3v) is 2.74. The minimum Gasteiger partial charge on any atom is -0.482 e. The van der Waals surface area contributed by atoms with E-state index in [9.17, 15) is 14.0 Å². The molecule has 2 N–H and O–H groups in total. The van der Waals surface area contributed by atoms with Gasteiger partial charge >= 0.3 is 6.03 Å². The number of hydrogen-bond acceptors (Lipinski definition) is 4. The van der Waals surface area contributed by atoms with E-state index < -0.39 is 24.4 Å². The zero-order valence-electron chi connectivity index (χ0n) is 11.9. The molecule has 23 heavy (non-hydrogen) atoms. The van der Waals surface area contributed by atoms with Crippen LogP contribution in [0, 0.1) is 17.1 Å². The Balaban J connectivity index is 1.86. The minimum atomic E-state index is -0.878. The maximum atomic E-state index is 13.4. The molecule has 0 saturated carbocycles. The van der Waals surface area contributed by atoms with Gasteiger partial charge in [-0.1, -0.05) is 24.3 Å². The van der Waals surface area contributed by atoms with Crippen molar-refractivity contribution in [1.29, 1.82) is 5.26 Å². The SMILES string of the molecule is N#Cc1ccccc1OCC(=O)NC(=O)Nc1ccccc1F. The quantitative estimate of drug-likeness (QED) is 0.907. The monoisotopic (exact) mass is 313 g/mol. The molecule has 7 heteroatoms. The van der Waals surface area contributed by atoms with Crippen molar-refractivity contribution in [3.8, 4) is 11.8 Å². The summed E-state index contributed by atoms with van der Waals surface area (Å²) in [4.78, 5) is 23.2. The van der Waals surface area contributed by atoms with Crippen LogP contribution in [0.2, 0.25) is 0 Å². The van der Waals surface area contributed by atoms with E-state index in [2.05, 4.69) is 5.32 Å². The highest BCUT2D eigenvalue weighted by atomic mass is 19.1. The lowest BCUT2D eigenvalue weighted by atomic mass is 10.2. The number of nitrogens with one attached hydrogen (secondary N) is 2. The summed E-state index contributed by atoms with van der Waals surface area (Å²) in [7, 11) is 0. The first kappa shape index (κ1) is 16.0. The van der Waals surface area contributed by atoms with Crippen molar-refractivity contribution in [2.45, 2.75) is 0 Å². The molecule has 116 valence electrons. The van der Waals surface area contributed by atoms with Gasteiger partial charge in [0.05, 0.1) is 11.3 Å². The summed E-state index contributed by atoms with van der Waals surface area (Å²) >= 11 is 0. The number of nitrogens with zero attached hydrogens (tertiary/aromatic N) is 1. The number of anilines is 1. The van der Waals surface area contributed by atoms with Gasteiger partial charge in [0, 0.05) is 0 Å². The van der Waals surface area contributed by atoms with E-state index in [1.165, 1.54) is 30.3 Å². The number of amides is 3. The maximum Gasteiger partial charge on any atom is 0.326 e. The Morgan fingerprint density at radius 3 is 2.57 bits per heavy atom. The standard InChI is InChI=1S/C16H12FN3O3/c17-12-6-2-3-7-13(12)19-16(22)20-15(21)10-23-14-8-4-1-5-11(14)9-18/h1-8H,10H2,(H2,19,20,21,22). The predicted molar refractivity (Wildman–Crippen MR) is 80.2 cm³/mol. The van der Waals surface area contributed by atoms with Gasteiger partial charge in [0.2, 0.25) is 0 Å². The van der Waals surface area contributed by atoms with Crippen LogP contribution in [-0.4, -0.2) is 18.5 Å². The molecule has 0 bridgehead atoms. The van der Waals surface area contributed by atoms with Crippen LogP contribution >= 0.6 is 0 Å². The Morgan fingerprint density at radius 2 is 1.83 bits per heavy atom. The predicted octanol–water partition coefficient (Wildman–Crippen LogP) is 2.42. The molecule has 2 aromatic carbocycles. The average molecular weight is 313 g/mol. The number of halogens is 1. The molecule has 3 amide bonds. The van der Waals surface area contributed by atoms with Crippen LogP contribution in [0.25, 0.3) is 0 Å². The first-order chi connectivity index (χ1) is 11.1. The molecule has 0 unspecified atom stereocenters. The van der Waals surface area contributed by atoms with Crippen molar-refractivity contribution in [1.82, 2.24) is 5.32 Å². The first-order valence-electron chi connectivity index (χ1n) is 6.57. The molecule has 0 radical (unpaired) electrons. The van der Waals surface area contributed by atoms with E-state index in [1.54, 1.807) is 18.2 Å².